The molecule has 2 aliphatic rings. The number of aromatic amines is 1. The summed E-state index contributed by atoms with van der Waals surface area (Å²) in [6, 6.07) is 16.0. The number of nitrogens with one attached hydrogen (secondary N) is 2. The van der Waals surface area contributed by atoms with Crippen LogP contribution in [0.25, 0.3) is 0 Å². The van der Waals surface area contributed by atoms with E-state index in [2.05, 4.69) is 26.2 Å². The normalized spacial score (nSPS) is 19.1. The fraction of sp³-hybridized carbons (Fsp3) is 0.226. The highest BCUT2D eigenvalue weighted by Crippen LogP contribution is 2.54. The Balaban J connectivity index is 1.28. The number of imide groups is 1. The number of H-pyrrole nitrogens is 1. The molecule has 0 aliphatic carbocycles. The van der Waals surface area contributed by atoms with Gasteiger partial charge in [-0.2, -0.15) is 13.2 Å². The van der Waals surface area contributed by atoms with Gasteiger partial charge in [0, 0.05) is 21.0 Å². The molecule has 238 valence electrons. The van der Waals surface area contributed by atoms with Gasteiger partial charge in [0.05, 0.1) is 28.8 Å². The standard InChI is InChI=1S/C31H23BrF3N3O6S2/c1-2-43-21-12-15(6-11-20(21)44-14-22(39)36-18-5-3-4-16(13-18)31(33,34)35)23-24-26(45-27-25(23)46-30(42)37-27)29(41)38(28(24)40)19-9-7-17(32)8-10-19/h3-13,23-24,26H,2,14H2,1H3,(H,36,39)(H,37,42)/t23-,24?,26?/m1/s1. The maximum absolute atomic E-state index is 14.0. The highest BCUT2D eigenvalue weighted by molar-refractivity contribution is 9.10. The summed E-state index contributed by atoms with van der Waals surface area (Å²) >= 11 is 5.50. The topological polar surface area (TPSA) is 118 Å². The van der Waals surface area contributed by atoms with Crippen LogP contribution in [0.3, 0.4) is 0 Å². The number of ether oxygens (including phenoxy) is 2. The first kappa shape index (κ1) is 31.9. The number of aromatic nitrogens is 1. The van der Waals surface area contributed by atoms with E-state index in [-0.39, 0.29) is 34.6 Å². The number of thiazole rings is 1. The zero-order valence-electron chi connectivity index (χ0n) is 23.7. The SMILES string of the molecule is CCOc1cc([C@H]2c3sc(=O)[nH]c3SC3C(=O)N(c4ccc(Br)cc4)C(=O)C32)ccc1OCC(=O)Nc1cccc(C(F)(F)F)c1. The van der Waals surface area contributed by atoms with Crippen LogP contribution in [0.15, 0.2) is 81.0 Å². The molecule has 15 heteroatoms. The van der Waals surface area contributed by atoms with Crippen molar-refractivity contribution < 1.29 is 37.0 Å². The maximum Gasteiger partial charge on any atom is 0.416 e. The van der Waals surface area contributed by atoms with Gasteiger partial charge in [0.25, 0.3) is 5.91 Å². The van der Waals surface area contributed by atoms with Crippen LogP contribution in [0.2, 0.25) is 0 Å². The largest absolute Gasteiger partial charge is 0.490 e. The molecule has 4 aromatic rings. The van der Waals surface area contributed by atoms with Gasteiger partial charge >= 0.3 is 11.0 Å². The molecule has 0 bridgehead atoms. The van der Waals surface area contributed by atoms with Crippen LogP contribution < -0.4 is 24.6 Å². The summed E-state index contributed by atoms with van der Waals surface area (Å²) in [5.41, 5.74) is 0.0883. The summed E-state index contributed by atoms with van der Waals surface area (Å²) in [5, 5.41) is 2.12. The van der Waals surface area contributed by atoms with Crippen molar-refractivity contribution in [3.05, 3.63) is 96.9 Å². The van der Waals surface area contributed by atoms with E-state index >= 15 is 0 Å². The summed E-state index contributed by atoms with van der Waals surface area (Å²) in [7, 11) is 0. The number of carbonyl (C=O) groups is 3. The third-order valence-electron chi connectivity index (χ3n) is 7.37. The average molecular weight is 735 g/mol. The van der Waals surface area contributed by atoms with Gasteiger partial charge < -0.3 is 19.8 Å². The Hall–Kier alpha value is -4.08. The lowest BCUT2D eigenvalue weighted by Gasteiger charge is -2.30. The van der Waals surface area contributed by atoms with E-state index in [0.29, 0.717) is 21.2 Å². The summed E-state index contributed by atoms with van der Waals surface area (Å²) in [5.74, 6) is -2.54. The molecule has 2 aliphatic heterocycles. The van der Waals surface area contributed by atoms with Gasteiger partial charge in [-0.25, -0.2) is 4.90 Å². The van der Waals surface area contributed by atoms with E-state index in [1.165, 1.54) is 17.0 Å². The van der Waals surface area contributed by atoms with Crippen molar-refractivity contribution >= 4 is 68.1 Å². The van der Waals surface area contributed by atoms with Crippen LogP contribution >= 0.6 is 39.0 Å². The van der Waals surface area contributed by atoms with Crippen molar-refractivity contribution in [2.75, 3.05) is 23.4 Å². The second-order valence-electron chi connectivity index (χ2n) is 10.3. The van der Waals surface area contributed by atoms with Gasteiger partial charge in [0.15, 0.2) is 18.1 Å². The lowest BCUT2D eigenvalue weighted by molar-refractivity contribution is -0.137. The molecule has 0 spiro atoms. The molecule has 9 nitrogen and oxygen atoms in total. The van der Waals surface area contributed by atoms with E-state index in [1.54, 1.807) is 49.4 Å². The summed E-state index contributed by atoms with van der Waals surface area (Å²) < 4.78 is 51.5. The van der Waals surface area contributed by atoms with Crippen molar-refractivity contribution in [3.63, 3.8) is 0 Å². The first-order valence-electron chi connectivity index (χ1n) is 13.8. The van der Waals surface area contributed by atoms with Crippen LogP contribution in [0, 0.1) is 5.92 Å². The molecule has 0 radical (unpaired) electrons. The minimum absolute atomic E-state index is 0.0391. The summed E-state index contributed by atoms with van der Waals surface area (Å²) in [6.07, 6.45) is -4.56. The molecule has 2 N–H and O–H groups in total. The predicted octanol–water partition coefficient (Wildman–Crippen LogP) is 6.43. The molecule has 1 fully saturated rings. The van der Waals surface area contributed by atoms with E-state index in [1.807, 2.05) is 0 Å². The number of benzene rings is 3. The molecule has 1 aromatic heterocycles. The van der Waals surface area contributed by atoms with Crippen LogP contribution in [0.5, 0.6) is 11.5 Å². The Morgan fingerprint density at radius 1 is 1.00 bits per heavy atom. The zero-order valence-corrected chi connectivity index (χ0v) is 26.9. The van der Waals surface area contributed by atoms with E-state index < -0.39 is 47.2 Å². The number of fused-ring (bicyclic) bond motifs is 2. The van der Waals surface area contributed by atoms with Crippen molar-refractivity contribution in [3.8, 4) is 11.5 Å². The lowest BCUT2D eigenvalue weighted by atomic mass is 9.83. The molecular weight excluding hydrogens is 711 g/mol. The smallest absolute Gasteiger partial charge is 0.416 e. The third kappa shape index (κ3) is 6.18. The summed E-state index contributed by atoms with van der Waals surface area (Å²) in [6.45, 7) is 1.44. The highest BCUT2D eigenvalue weighted by atomic mass is 79.9. The Morgan fingerprint density at radius 2 is 1.76 bits per heavy atom. The van der Waals surface area contributed by atoms with Gasteiger partial charge in [0.2, 0.25) is 11.8 Å². The van der Waals surface area contributed by atoms with E-state index in [9.17, 15) is 32.3 Å². The van der Waals surface area contributed by atoms with Crippen LogP contribution in [0.4, 0.5) is 24.5 Å². The van der Waals surface area contributed by atoms with Crippen molar-refractivity contribution in [2.24, 2.45) is 5.92 Å². The monoisotopic (exact) mass is 733 g/mol. The first-order chi connectivity index (χ1) is 21.9. The number of carbonyl (C=O) groups excluding carboxylic acids is 3. The second-order valence-corrected chi connectivity index (χ2v) is 13.4. The quantitative estimate of drug-likeness (QED) is 0.201. The molecule has 3 amide bonds. The van der Waals surface area contributed by atoms with E-state index in [4.69, 9.17) is 9.47 Å². The molecule has 3 aromatic carbocycles. The number of hydrogen-bond acceptors (Lipinski definition) is 8. The van der Waals surface area contributed by atoms with Gasteiger partial charge in [0.1, 0.15) is 5.25 Å². The van der Waals surface area contributed by atoms with Gasteiger partial charge in [-0.3, -0.25) is 19.2 Å². The number of halogens is 4. The number of thioether (sulfide) groups is 1. The van der Waals surface area contributed by atoms with Crippen molar-refractivity contribution in [1.82, 2.24) is 4.98 Å². The molecular formula is C31H23BrF3N3O6S2. The number of rotatable bonds is 8. The molecule has 1 saturated heterocycles. The zero-order chi connectivity index (χ0) is 32.7. The molecule has 2 unspecified atom stereocenters. The highest BCUT2D eigenvalue weighted by Gasteiger charge is 2.56. The molecule has 0 saturated carbocycles. The number of amides is 3. The Kier molecular flexibility index (Phi) is 8.74. The van der Waals surface area contributed by atoms with Crippen molar-refractivity contribution in [2.45, 2.75) is 29.3 Å². The van der Waals surface area contributed by atoms with Crippen LogP contribution in [0.1, 0.15) is 28.8 Å². The van der Waals surface area contributed by atoms with E-state index in [0.717, 1.165) is 39.7 Å². The molecule has 46 heavy (non-hydrogen) atoms. The van der Waals surface area contributed by atoms with Crippen LogP contribution in [-0.4, -0.2) is 41.2 Å². The van der Waals surface area contributed by atoms with Gasteiger partial charge in [-0.05, 0) is 67.1 Å². The Labute approximate surface area is 276 Å². The predicted molar refractivity (Wildman–Crippen MR) is 170 cm³/mol. The first-order valence-corrected chi connectivity index (χ1v) is 16.3. The number of alkyl halides is 3. The molecule has 3 atom stereocenters. The number of anilines is 2. The minimum Gasteiger partial charge on any atom is -0.490 e. The fourth-order valence-electron chi connectivity index (χ4n) is 5.44. The number of hydrogen-bond donors (Lipinski definition) is 2. The van der Waals surface area contributed by atoms with Crippen molar-refractivity contribution in [1.29, 1.82) is 0 Å². The molecule has 6 rings (SSSR count). The Bertz CT molecular complexity index is 1900. The minimum atomic E-state index is -4.56. The summed E-state index contributed by atoms with van der Waals surface area (Å²) in [4.78, 5) is 56.9. The number of nitrogens with zero attached hydrogens (tertiary/aromatic N) is 1. The lowest BCUT2D eigenvalue weighted by Crippen LogP contribution is -2.32. The van der Waals surface area contributed by atoms with Gasteiger partial charge in [-0.15, -0.1) is 0 Å². The Morgan fingerprint density at radius 3 is 2.48 bits per heavy atom. The maximum atomic E-state index is 14.0. The van der Waals surface area contributed by atoms with Crippen LogP contribution in [-0.2, 0) is 20.6 Å². The second kappa shape index (κ2) is 12.6. The third-order valence-corrected chi connectivity index (χ3v) is 10.3. The molecule has 3 heterocycles. The van der Waals surface area contributed by atoms with Gasteiger partial charge in [-0.1, -0.05) is 51.2 Å². The fourth-order valence-corrected chi connectivity index (χ4v) is 8.22. The average Bonchev–Trinajstić information content (AvgIpc) is 3.50.